The fourth-order valence-electron chi connectivity index (χ4n) is 4.90. The molecular formula is C31H42N2O5. The summed E-state index contributed by atoms with van der Waals surface area (Å²) in [7, 11) is 6.50. The van der Waals surface area contributed by atoms with Gasteiger partial charge in [0.05, 0.1) is 21.3 Å². The number of methoxy groups -OCH3 is 3. The van der Waals surface area contributed by atoms with Crippen molar-refractivity contribution >= 4 is 11.8 Å². The summed E-state index contributed by atoms with van der Waals surface area (Å²) in [5, 5.41) is 0. The summed E-state index contributed by atoms with van der Waals surface area (Å²) in [6, 6.07) is 10.8. The van der Waals surface area contributed by atoms with Crippen molar-refractivity contribution in [2.24, 2.45) is 0 Å². The molecule has 3 rings (SSSR count). The Kier molecular flexibility index (Phi) is 10.6. The molecule has 0 radical (unpaired) electrons. The predicted molar refractivity (Wildman–Crippen MR) is 151 cm³/mol. The van der Waals surface area contributed by atoms with Crippen LogP contribution in [0.25, 0.3) is 11.1 Å². The van der Waals surface area contributed by atoms with Gasteiger partial charge >= 0.3 is 0 Å². The van der Waals surface area contributed by atoms with E-state index in [2.05, 4.69) is 13.0 Å². The van der Waals surface area contributed by atoms with Crippen LogP contribution in [0.1, 0.15) is 51.5 Å². The third-order valence-corrected chi connectivity index (χ3v) is 7.28. The molecule has 0 spiro atoms. The molecule has 2 atom stereocenters. The molecule has 0 bridgehead atoms. The van der Waals surface area contributed by atoms with Crippen molar-refractivity contribution in [2.45, 2.75) is 64.5 Å². The maximum absolute atomic E-state index is 13.4. The number of hydrogen-bond donors (Lipinski definition) is 0. The number of nitrogens with zero attached hydrogens (tertiary/aromatic N) is 2. The van der Waals surface area contributed by atoms with E-state index in [0.717, 1.165) is 29.5 Å². The van der Waals surface area contributed by atoms with Gasteiger partial charge in [-0.1, -0.05) is 62.6 Å². The van der Waals surface area contributed by atoms with Crippen molar-refractivity contribution in [3.63, 3.8) is 0 Å². The number of benzene rings is 2. The molecule has 2 amide bonds. The van der Waals surface area contributed by atoms with Gasteiger partial charge in [0.15, 0.2) is 11.5 Å². The van der Waals surface area contributed by atoms with Crippen molar-refractivity contribution in [1.82, 2.24) is 9.80 Å². The molecule has 0 N–H and O–H groups in total. The minimum absolute atomic E-state index is 0.0102. The lowest BCUT2D eigenvalue weighted by Crippen LogP contribution is -2.63. The Balaban J connectivity index is 1.72. The zero-order valence-corrected chi connectivity index (χ0v) is 23.7. The van der Waals surface area contributed by atoms with Gasteiger partial charge < -0.3 is 24.0 Å². The average Bonchev–Trinajstić information content (AvgIpc) is 2.94. The van der Waals surface area contributed by atoms with Crippen LogP contribution in [-0.2, 0) is 16.0 Å². The van der Waals surface area contributed by atoms with Crippen molar-refractivity contribution in [3.8, 4) is 28.4 Å². The summed E-state index contributed by atoms with van der Waals surface area (Å²) >= 11 is 0. The quantitative estimate of drug-likeness (QED) is 0.256. The highest BCUT2D eigenvalue weighted by atomic mass is 16.5. The van der Waals surface area contributed by atoms with E-state index in [1.165, 1.54) is 19.3 Å². The van der Waals surface area contributed by atoms with Crippen molar-refractivity contribution in [3.05, 3.63) is 54.1 Å². The van der Waals surface area contributed by atoms with E-state index in [1.807, 2.05) is 49.4 Å². The second kappa shape index (κ2) is 13.9. The fourth-order valence-corrected chi connectivity index (χ4v) is 4.90. The summed E-state index contributed by atoms with van der Waals surface area (Å²) in [4.78, 5) is 29.7. The summed E-state index contributed by atoms with van der Waals surface area (Å²) in [5.74, 6) is 1.68. The Labute approximate surface area is 227 Å². The second-order valence-electron chi connectivity index (χ2n) is 9.77. The van der Waals surface area contributed by atoms with Crippen LogP contribution >= 0.6 is 0 Å². The highest BCUT2D eigenvalue weighted by Crippen LogP contribution is 2.41. The number of amides is 2. The molecule has 2 aromatic rings. The standard InChI is InChI=1S/C31H42N2O5/c1-7-8-9-10-11-12-13-18-33-22(2)30(34)32(3)26(31(33)35)19-23-14-16-24(17-15-23)25-20-27(36-4)29(38-6)28(21-25)37-5/h12-17,20-22,26H,7-11,18-19H2,1-6H3/t22-,26-/m0/s1. The second-order valence-corrected chi connectivity index (χ2v) is 9.77. The monoisotopic (exact) mass is 522 g/mol. The van der Waals surface area contributed by atoms with E-state index in [-0.39, 0.29) is 11.8 Å². The number of unbranched alkanes of at least 4 members (excludes halogenated alkanes) is 4. The fraction of sp³-hybridized carbons (Fsp3) is 0.484. The SMILES string of the molecule is CCCCCCC=CCN1C(=O)[C@H](Cc2ccc(-c3cc(OC)c(OC)c(OC)c3)cc2)N(C)C(=O)[C@@H]1C. The van der Waals surface area contributed by atoms with E-state index in [9.17, 15) is 9.59 Å². The molecule has 1 heterocycles. The predicted octanol–water partition coefficient (Wildman–Crippen LogP) is 5.51. The van der Waals surface area contributed by atoms with Crippen molar-refractivity contribution in [1.29, 1.82) is 0 Å². The Morgan fingerprint density at radius 3 is 2.08 bits per heavy atom. The number of hydrogen-bond acceptors (Lipinski definition) is 5. The van der Waals surface area contributed by atoms with Crippen molar-refractivity contribution in [2.75, 3.05) is 34.9 Å². The Bertz CT molecular complexity index is 1090. The highest BCUT2D eigenvalue weighted by Gasteiger charge is 2.41. The van der Waals surface area contributed by atoms with Gasteiger partial charge in [-0.15, -0.1) is 0 Å². The molecule has 7 heteroatoms. The number of carbonyl (C=O) groups excluding carboxylic acids is 2. The van der Waals surface area contributed by atoms with Crippen LogP contribution < -0.4 is 14.2 Å². The molecular weight excluding hydrogens is 480 g/mol. The van der Waals surface area contributed by atoms with E-state index < -0.39 is 12.1 Å². The maximum Gasteiger partial charge on any atom is 0.246 e. The van der Waals surface area contributed by atoms with E-state index in [4.69, 9.17) is 14.2 Å². The first-order chi connectivity index (χ1) is 18.4. The van der Waals surface area contributed by atoms with Gasteiger partial charge in [0.1, 0.15) is 12.1 Å². The number of carbonyl (C=O) groups is 2. The first-order valence-electron chi connectivity index (χ1n) is 13.5. The number of piperazine rings is 1. The average molecular weight is 523 g/mol. The molecule has 206 valence electrons. The third kappa shape index (κ3) is 6.69. The van der Waals surface area contributed by atoms with E-state index in [1.54, 1.807) is 38.2 Å². The Morgan fingerprint density at radius 1 is 0.842 bits per heavy atom. The molecule has 1 saturated heterocycles. The van der Waals surface area contributed by atoms with Gasteiger partial charge in [-0.05, 0) is 48.6 Å². The smallest absolute Gasteiger partial charge is 0.246 e. The zero-order chi connectivity index (χ0) is 27.7. The molecule has 7 nitrogen and oxygen atoms in total. The minimum atomic E-state index is -0.524. The maximum atomic E-state index is 13.4. The first kappa shape index (κ1) is 29.1. The molecule has 0 unspecified atom stereocenters. The number of ether oxygens (including phenoxy) is 3. The van der Waals surface area contributed by atoms with Crippen LogP contribution in [0.2, 0.25) is 0 Å². The molecule has 0 aliphatic carbocycles. The largest absolute Gasteiger partial charge is 0.493 e. The normalized spacial score (nSPS) is 17.8. The van der Waals surface area contributed by atoms with E-state index >= 15 is 0 Å². The minimum Gasteiger partial charge on any atom is -0.493 e. The molecule has 1 aliphatic heterocycles. The van der Waals surface area contributed by atoms with Gasteiger partial charge in [-0.2, -0.15) is 0 Å². The topological polar surface area (TPSA) is 68.3 Å². The van der Waals surface area contributed by atoms with Gasteiger partial charge in [-0.25, -0.2) is 0 Å². The van der Waals surface area contributed by atoms with Crippen LogP contribution in [-0.4, -0.2) is 68.6 Å². The van der Waals surface area contributed by atoms with Crippen LogP contribution in [0.4, 0.5) is 0 Å². The molecule has 38 heavy (non-hydrogen) atoms. The first-order valence-corrected chi connectivity index (χ1v) is 13.5. The summed E-state index contributed by atoms with van der Waals surface area (Å²) in [6.45, 7) is 4.48. The lowest BCUT2D eigenvalue weighted by atomic mass is 9.96. The Morgan fingerprint density at radius 2 is 1.50 bits per heavy atom. The van der Waals surface area contributed by atoms with Crippen LogP contribution in [0.15, 0.2) is 48.6 Å². The molecule has 0 saturated carbocycles. The van der Waals surface area contributed by atoms with Crippen LogP contribution in [0, 0.1) is 0 Å². The molecule has 1 fully saturated rings. The third-order valence-electron chi connectivity index (χ3n) is 7.28. The number of rotatable bonds is 13. The summed E-state index contributed by atoms with van der Waals surface area (Å²) < 4.78 is 16.4. The van der Waals surface area contributed by atoms with Gasteiger partial charge in [0.2, 0.25) is 17.6 Å². The molecule has 1 aliphatic rings. The van der Waals surface area contributed by atoms with Gasteiger partial charge in [-0.3, -0.25) is 9.59 Å². The van der Waals surface area contributed by atoms with Crippen LogP contribution in [0.5, 0.6) is 17.2 Å². The molecule has 0 aromatic heterocycles. The zero-order valence-electron chi connectivity index (χ0n) is 23.7. The van der Waals surface area contributed by atoms with Gasteiger partial charge in [0.25, 0.3) is 0 Å². The lowest BCUT2D eigenvalue weighted by Gasteiger charge is -2.42. The van der Waals surface area contributed by atoms with E-state index in [0.29, 0.717) is 30.2 Å². The highest BCUT2D eigenvalue weighted by molar-refractivity contribution is 5.96. The summed E-state index contributed by atoms with van der Waals surface area (Å²) in [6.07, 6.45) is 10.5. The number of likely N-dealkylation sites (N-methyl/N-ethyl adjacent to an activating group) is 1. The Hall–Kier alpha value is -3.48. The van der Waals surface area contributed by atoms with Crippen LogP contribution in [0.3, 0.4) is 0 Å². The lowest BCUT2D eigenvalue weighted by molar-refractivity contribution is -0.158. The van der Waals surface area contributed by atoms with Gasteiger partial charge in [0, 0.05) is 20.0 Å². The van der Waals surface area contributed by atoms with Crippen molar-refractivity contribution < 1.29 is 23.8 Å². The number of allylic oxidation sites excluding steroid dienone is 1. The molecule has 2 aromatic carbocycles. The summed E-state index contributed by atoms with van der Waals surface area (Å²) in [5.41, 5.74) is 2.89.